The van der Waals surface area contributed by atoms with E-state index in [0.717, 1.165) is 33.9 Å². The van der Waals surface area contributed by atoms with Crippen molar-refractivity contribution in [1.82, 2.24) is 9.88 Å². The van der Waals surface area contributed by atoms with E-state index in [2.05, 4.69) is 79.0 Å². The molecular formula is C25H25N3OS. The molecule has 152 valence electrons. The van der Waals surface area contributed by atoms with Gasteiger partial charge in [-0.1, -0.05) is 29.8 Å². The van der Waals surface area contributed by atoms with Gasteiger partial charge in [0.2, 0.25) is 0 Å². The van der Waals surface area contributed by atoms with E-state index in [1.807, 2.05) is 25.1 Å². The predicted octanol–water partition coefficient (Wildman–Crippen LogP) is 5.91. The Morgan fingerprint density at radius 2 is 1.73 bits per heavy atom. The second-order valence-electron chi connectivity index (χ2n) is 7.70. The van der Waals surface area contributed by atoms with E-state index in [0.29, 0.717) is 10.1 Å². The summed E-state index contributed by atoms with van der Waals surface area (Å²) in [6.45, 7) is 10.4. The number of aliphatic imine (C=N–C) groups is 1. The first-order chi connectivity index (χ1) is 14.3. The van der Waals surface area contributed by atoms with Crippen LogP contribution in [0.2, 0.25) is 0 Å². The van der Waals surface area contributed by atoms with E-state index in [1.165, 1.54) is 22.9 Å². The van der Waals surface area contributed by atoms with Gasteiger partial charge in [-0.25, -0.2) is 4.99 Å². The lowest BCUT2D eigenvalue weighted by Crippen LogP contribution is -2.19. The van der Waals surface area contributed by atoms with Gasteiger partial charge in [0, 0.05) is 17.1 Å². The third-order valence-corrected chi connectivity index (χ3v) is 6.41. The van der Waals surface area contributed by atoms with Crippen LogP contribution in [0.5, 0.6) is 0 Å². The van der Waals surface area contributed by atoms with E-state index in [9.17, 15) is 4.79 Å². The Kier molecular flexibility index (Phi) is 5.39. The zero-order valence-corrected chi connectivity index (χ0v) is 18.7. The fourth-order valence-electron chi connectivity index (χ4n) is 3.61. The lowest BCUT2D eigenvalue weighted by molar-refractivity contribution is -0.115. The van der Waals surface area contributed by atoms with Gasteiger partial charge < -0.3 is 9.88 Å². The number of rotatable bonds is 3. The normalized spacial score (nSPS) is 16.5. The molecule has 0 radical (unpaired) electrons. The maximum atomic E-state index is 12.6. The standard InChI is InChI=1S/C25H25N3OS/c1-15-9-11-21(12-10-15)28-17(3)13-20(19(28)5)14-23-24(29)27-25(30-23)26-22-8-6-7-16(2)18(22)4/h6-14H,1-5H3,(H,26,27,29)/b23-14-. The molecule has 1 aliphatic rings. The molecule has 1 saturated heterocycles. The first-order valence-corrected chi connectivity index (χ1v) is 10.8. The van der Waals surface area contributed by atoms with Gasteiger partial charge in [0.05, 0.1) is 10.6 Å². The van der Waals surface area contributed by atoms with Crippen LogP contribution >= 0.6 is 11.8 Å². The molecular weight excluding hydrogens is 390 g/mol. The number of nitrogens with one attached hydrogen (secondary N) is 1. The SMILES string of the molecule is Cc1ccc(-n2c(C)cc(/C=C3\SC(=Nc4cccc(C)c4C)NC3=O)c2C)cc1. The van der Waals surface area contributed by atoms with Crippen molar-refractivity contribution in [3.05, 3.63) is 87.1 Å². The molecule has 0 spiro atoms. The highest BCUT2D eigenvalue weighted by molar-refractivity contribution is 8.18. The van der Waals surface area contributed by atoms with Crippen LogP contribution in [0.4, 0.5) is 5.69 Å². The maximum Gasteiger partial charge on any atom is 0.264 e. The van der Waals surface area contributed by atoms with E-state index >= 15 is 0 Å². The van der Waals surface area contributed by atoms with Crippen molar-refractivity contribution in [3.8, 4) is 5.69 Å². The Morgan fingerprint density at radius 1 is 1.00 bits per heavy atom. The summed E-state index contributed by atoms with van der Waals surface area (Å²) in [5.41, 5.74) is 8.84. The minimum atomic E-state index is -0.107. The van der Waals surface area contributed by atoms with Crippen LogP contribution in [0.25, 0.3) is 11.8 Å². The van der Waals surface area contributed by atoms with Crippen molar-refractivity contribution in [2.75, 3.05) is 0 Å². The second kappa shape index (κ2) is 8.00. The van der Waals surface area contributed by atoms with Gasteiger partial charge in [-0.2, -0.15) is 0 Å². The molecule has 1 N–H and O–H groups in total. The number of aryl methyl sites for hydroxylation is 3. The number of amides is 1. The highest BCUT2D eigenvalue weighted by atomic mass is 32.2. The van der Waals surface area contributed by atoms with Gasteiger partial charge >= 0.3 is 0 Å². The van der Waals surface area contributed by atoms with Gasteiger partial charge in [-0.15, -0.1) is 0 Å². The van der Waals surface area contributed by atoms with Crippen molar-refractivity contribution in [2.45, 2.75) is 34.6 Å². The summed E-state index contributed by atoms with van der Waals surface area (Å²) in [5, 5.41) is 3.51. The Labute approximate surface area is 181 Å². The molecule has 30 heavy (non-hydrogen) atoms. The minimum absolute atomic E-state index is 0.107. The molecule has 1 fully saturated rings. The second-order valence-corrected chi connectivity index (χ2v) is 8.73. The van der Waals surface area contributed by atoms with Crippen molar-refractivity contribution >= 4 is 34.6 Å². The predicted molar refractivity (Wildman–Crippen MR) is 127 cm³/mol. The van der Waals surface area contributed by atoms with Crippen molar-refractivity contribution < 1.29 is 4.79 Å². The number of amidine groups is 1. The summed E-state index contributed by atoms with van der Waals surface area (Å²) in [6.07, 6.45) is 1.96. The molecule has 2 heterocycles. The average molecular weight is 416 g/mol. The number of carbonyl (C=O) groups is 1. The summed E-state index contributed by atoms with van der Waals surface area (Å²) in [4.78, 5) is 17.9. The molecule has 0 aliphatic carbocycles. The molecule has 4 nitrogen and oxygen atoms in total. The fourth-order valence-corrected chi connectivity index (χ4v) is 4.44. The summed E-state index contributed by atoms with van der Waals surface area (Å²) in [5.74, 6) is -0.107. The lowest BCUT2D eigenvalue weighted by Gasteiger charge is -2.10. The maximum absolute atomic E-state index is 12.6. The molecule has 0 atom stereocenters. The third kappa shape index (κ3) is 3.85. The number of benzene rings is 2. The zero-order chi connectivity index (χ0) is 21.4. The monoisotopic (exact) mass is 415 g/mol. The summed E-state index contributed by atoms with van der Waals surface area (Å²) in [7, 11) is 0. The van der Waals surface area contributed by atoms with E-state index in [4.69, 9.17) is 0 Å². The number of hydrogen-bond acceptors (Lipinski definition) is 3. The van der Waals surface area contributed by atoms with E-state index < -0.39 is 0 Å². The van der Waals surface area contributed by atoms with Gasteiger partial charge in [-0.05, 0) is 93.4 Å². The highest BCUT2D eigenvalue weighted by Gasteiger charge is 2.25. The largest absolute Gasteiger partial charge is 0.318 e. The lowest BCUT2D eigenvalue weighted by atomic mass is 10.1. The summed E-state index contributed by atoms with van der Waals surface area (Å²) in [6, 6.07) is 16.6. The van der Waals surface area contributed by atoms with Crippen LogP contribution in [0.15, 0.2) is 58.4 Å². The molecule has 5 heteroatoms. The number of aromatic nitrogens is 1. The van der Waals surface area contributed by atoms with Crippen molar-refractivity contribution in [2.24, 2.45) is 4.99 Å². The molecule has 0 saturated carbocycles. The van der Waals surface area contributed by atoms with Gasteiger partial charge in [0.25, 0.3) is 5.91 Å². The number of thioether (sulfide) groups is 1. The summed E-state index contributed by atoms with van der Waals surface area (Å²) >= 11 is 1.39. The Morgan fingerprint density at radius 3 is 2.47 bits per heavy atom. The third-order valence-electron chi connectivity index (χ3n) is 5.50. The first kappa shape index (κ1) is 20.2. The van der Waals surface area contributed by atoms with E-state index in [1.54, 1.807) is 0 Å². The van der Waals surface area contributed by atoms with Crippen LogP contribution in [-0.4, -0.2) is 15.6 Å². The van der Waals surface area contributed by atoms with E-state index in [-0.39, 0.29) is 5.91 Å². The molecule has 0 bridgehead atoms. The van der Waals surface area contributed by atoms with Crippen LogP contribution in [0.1, 0.15) is 33.6 Å². The van der Waals surface area contributed by atoms with Gasteiger partial charge in [0.15, 0.2) is 5.17 Å². The number of nitrogens with zero attached hydrogens (tertiary/aromatic N) is 2. The molecule has 1 aliphatic heterocycles. The Hall–Kier alpha value is -3.05. The zero-order valence-electron chi connectivity index (χ0n) is 17.9. The number of hydrogen-bond donors (Lipinski definition) is 1. The molecule has 2 aromatic carbocycles. The van der Waals surface area contributed by atoms with Crippen LogP contribution < -0.4 is 5.32 Å². The smallest absolute Gasteiger partial charge is 0.264 e. The fraction of sp³-hybridized carbons (Fsp3) is 0.200. The highest BCUT2D eigenvalue weighted by Crippen LogP contribution is 2.31. The van der Waals surface area contributed by atoms with Gasteiger partial charge in [0.1, 0.15) is 0 Å². The van der Waals surface area contributed by atoms with Crippen LogP contribution in [-0.2, 0) is 4.79 Å². The average Bonchev–Trinajstić information content (AvgIpc) is 3.19. The molecule has 4 rings (SSSR count). The number of carbonyl (C=O) groups excluding carboxylic acids is 1. The van der Waals surface area contributed by atoms with Crippen LogP contribution in [0.3, 0.4) is 0 Å². The van der Waals surface area contributed by atoms with Crippen LogP contribution in [0, 0.1) is 34.6 Å². The Balaban J connectivity index is 1.65. The molecule has 1 aromatic heterocycles. The van der Waals surface area contributed by atoms with Crippen molar-refractivity contribution in [3.63, 3.8) is 0 Å². The Bertz CT molecular complexity index is 1200. The van der Waals surface area contributed by atoms with Gasteiger partial charge in [-0.3, -0.25) is 4.79 Å². The van der Waals surface area contributed by atoms with Crippen molar-refractivity contribution in [1.29, 1.82) is 0 Å². The first-order valence-electron chi connectivity index (χ1n) is 9.95. The summed E-state index contributed by atoms with van der Waals surface area (Å²) < 4.78 is 2.22. The minimum Gasteiger partial charge on any atom is -0.318 e. The quantitative estimate of drug-likeness (QED) is 0.541. The molecule has 0 unspecified atom stereocenters. The molecule has 1 amide bonds. The topological polar surface area (TPSA) is 46.4 Å². The molecule has 3 aromatic rings.